The first-order valence-electron chi connectivity index (χ1n) is 46.9. The van der Waals surface area contributed by atoms with Gasteiger partial charge in [0.2, 0.25) is 0 Å². The maximum atomic E-state index is 7.09. The molecule has 0 unspecified atom stereocenters. The third-order valence-corrected chi connectivity index (χ3v) is 36.3. The highest BCUT2D eigenvalue weighted by Crippen LogP contribution is 2.56. The second-order valence-corrected chi connectivity index (χ2v) is 43.6. The molecular weight excluding hydrogens is 1910 g/mol. The van der Waals surface area contributed by atoms with E-state index in [-0.39, 0.29) is 0 Å². The van der Waals surface area contributed by atoms with Crippen LogP contribution in [0.25, 0.3) is 302 Å². The van der Waals surface area contributed by atoms with Crippen molar-refractivity contribution >= 4 is 365 Å². The summed E-state index contributed by atoms with van der Waals surface area (Å²) in [5.74, 6) is 0.667. The minimum atomic E-state index is 0.404. The van der Waals surface area contributed by atoms with Crippen molar-refractivity contribution in [3.05, 3.63) is 404 Å². The first-order chi connectivity index (χ1) is 70.2. The van der Waals surface area contributed by atoms with Crippen LogP contribution in [0.3, 0.4) is 0 Å². The third-order valence-electron chi connectivity index (χ3n) is 28.9. The molecule has 12 aromatic heterocycles. The molecule has 21 aromatic carbocycles. The van der Waals surface area contributed by atoms with Crippen molar-refractivity contribution in [1.82, 2.24) is 43.6 Å². The van der Waals surface area contributed by atoms with Crippen LogP contribution in [0.2, 0.25) is 15.5 Å². The van der Waals surface area contributed by atoms with E-state index in [1.54, 1.807) is 34.0 Å². The molecule has 12 heterocycles. The number of nitrogens with zero attached hydrogens (tertiary/aromatic N) is 9. The van der Waals surface area contributed by atoms with Crippen molar-refractivity contribution < 1.29 is 0 Å². The summed E-state index contributed by atoms with van der Waals surface area (Å²) >= 11 is 31.5. The molecule has 662 valence electrons. The van der Waals surface area contributed by atoms with Crippen molar-refractivity contribution in [2.45, 2.75) is 0 Å². The van der Waals surface area contributed by atoms with Crippen LogP contribution >= 0.6 is 103 Å². The Labute approximate surface area is 844 Å². The molecule has 0 aliphatic heterocycles. The standard InChI is InChI=1S/C46H24ClN3S2.C42H22ClN3S2.C36H18ClN3S2/c47-45-41(48-42-33-18-8-10-20-36(33)52-46(42)49-45)31-22-23-35(28-14-4-3-13-27(28)31)50-34-19-9-7-17-32(34)38-29-15-5-6-16-30(29)40-39-26-12-2-1-11-25(26)21-24-37(39)51-44(40)43(38)50;43-41-37(44-38-30-17-6-8-19-32(30)48-42(38)45-41)24-11-9-12-25(22-24)46-31-18-7-5-16-29(31)34-27-14-3-4-15-28(27)36-35-26-13-2-1-10-23(26)20-21-33(35)47-40(36)39(34)46;37-34-35(39-36-31(38-34)24-14-6-8-16-26(24)42-36)40-25-15-7-5-13-23(25)28-21-11-3-4-12-22(21)30-29-20-10-2-1-9-19(20)17-18-27(29)41-33(30)32(28)40/h1-24H;1-22H;1-18H. The molecule has 0 amide bonds. The molecule has 0 spiro atoms. The molecule has 18 heteroatoms. The lowest BCUT2D eigenvalue weighted by molar-refractivity contribution is 1.09. The zero-order chi connectivity index (χ0) is 93.1. The topological polar surface area (TPSA) is 92.1 Å². The number of hydrogen-bond acceptors (Lipinski definition) is 12. The van der Waals surface area contributed by atoms with E-state index in [2.05, 4.69) is 396 Å². The predicted molar refractivity (Wildman–Crippen MR) is 615 cm³/mol. The summed E-state index contributed by atoms with van der Waals surface area (Å²) in [7, 11) is 0. The molecule has 0 saturated heterocycles. The van der Waals surface area contributed by atoms with Crippen LogP contribution in [0.4, 0.5) is 0 Å². The van der Waals surface area contributed by atoms with Gasteiger partial charge in [-0.3, -0.25) is 4.57 Å². The highest BCUT2D eigenvalue weighted by molar-refractivity contribution is 7.29. The molecule has 0 fully saturated rings. The summed E-state index contributed by atoms with van der Waals surface area (Å²) in [6.07, 6.45) is 0. The lowest BCUT2D eigenvalue weighted by Crippen LogP contribution is -2.00. The molecule has 0 N–H and O–H groups in total. The van der Waals surface area contributed by atoms with E-state index in [0.717, 1.165) is 106 Å². The molecule has 0 radical (unpaired) electrons. The van der Waals surface area contributed by atoms with Crippen LogP contribution in [-0.4, -0.2) is 43.6 Å². The van der Waals surface area contributed by atoms with Crippen LogP contribution in [0.1, 0.15) is 0 Å². The Kier molecular flexibility index (Phi) is 17.8. The molecular formula is C124H64Cl3N9S6. The summed E-state index contributed by atoms with van der Waals surface area (Å²) in [6, 6.07) is 139. The monoisotopic (exact) mass is 1980 g/mol. The van der Waals surface area contributed by atoms with Gasteiger partial charge >= 0.3 is 0 Å². The Hall–Kier alpha value is -15.7. The zero-order valence-electron chi connectivity index (χ0n) is 74.6. The van der Waals surface area contributed by atoms with Gasteiger partial charge in [-0.05, 0) is 149 Å². The molecule has 33 rings (SSSR count). The number of hydrogen-bond donors (Lipinski definition) is 0. The number of rotatable bonds is 5. The van der Waals surface area contributed by atoms with Gasteiger partial charge in [-0.25, -0.2) is 29.9 Å². The molecule has 9 nitrogen and oxygen atoms in total. The van der Waals surface area contributed by atoms with Gasteiger partial charge in [0.15, 0.2) is 21.3 Å². The summed E-state index contributed by atoms with van der Waals surface area (Å²) < 4.78 is 18.4. The van der Waals surface area contributed by atoms with E-state index in [1.165, 1.54) is 180 Å². The fourth-order valence-corrected chi connectivity index (χ4v) is 30.7. The lowest BCUT2D eigenvalue weighted by atomic mass is 9.96. The largest absolute Gasteiger partial charge is 0.308 e. The van der Waals surface area contributed by atoms with Crippen LogP contribution in [-0.2, 0) is 0 Å². The van der Waals surface area contributed by atoms with E-state index in [0.29, 0.717) is 32.7 Å². The van der Waals surface area contributed by atoms with Crippen LogP contribution in [0, 0.1) is 0 Å². The van der Waals surface area contributed by atoms with Gasteiger partial charge in [-0.2, -0.15) is 0 Å². The predicted octanol–water partition coefficient (Wildman–Crippen LogP) is 38.3. The molecule has 0 bridgehead atoms. The molecule has 33 aromatic rings. The summed E-state index contributed by atoms with van der Waals surface area (Å²) in [4.78, 5) is 32.8. The number of halogens is 3. The SMILES string of the molecule is Clc1nc2c(nc1-n1c3ccccc3c3c4ccccc4c4c(sc5ccc6ccccc6c54)c31)sc1ccccc12.Clc1nc2sc3ccccc3c2nc1-c1ccc(-n2c3ccccc3c3c4ccccc4c4c(sc5ccc6ccccc6c54)c32)c2ccccc12.Clc1nc2sc3ccccc3c2nc1-c1cccc(-n2c3ccccc3c3c4ccccc4c4c(sc5ccc6ccccc6c54)c32)c1. The molecule has 0 atom stereocenters. The number of thiophene rings is 6. The average Bonchev–Trinajstić information content (AvgIpc) is 1.53. The molecule has 0 saturated carbocycles. The first kappa shape index (κ1) is 81.1. The second kappa shape index (κ2) is 31.1. The number of para-hydroxylation sites is 3. The van der Waals surface area contributed by atoms with Gasteiger partial charge in [-0.15, -0.1) is 68.0 Å². The van der Waals surface area contributed by atoms with Crippen LogP contribution < -0.4 is 0 Å². The van der Waals surface area contributed by atoms with E-state index >= 15 is 0 Å². The highest BCUT2D eigenvalue weighted by atomic mass is 35.5. The zero-order valence-corrected chi connectivity index (χ0v) is 81.7. The smallest absolute Gasteiger partial charge is 0.177 e. The van der Waals surface area contributed by atoms with E-state index in [1.807, 2.05) is 40.1 Å². The highest BCUT2D eigenvalue weighted by Gasteiger charge is 2.31. The quantitative estimate of drug-likeness (QED) is 0.170. The third kappa shape index (κ3) is 11.7. The van der Waals surface area contributed by atoms with Crippen LogP contribution in [0.5, 0.6) is 0 Å². The van der Waals surface area contributed by atoms with Crippen molar-refractivity contribution in [2.24, 2.45) is 0 Å². The number of fused-ring (bicyclic) bond motifs is 46. The maximum absolute atomic E-state index is 7.09. The Morgan fingerprint density at radius 2 is 0.542 bits per heavy atom. The average molecular weight is 1980 g/mol. The van der Waals surface area contributed by atoms with Crippen LogP contribution in [0.15, 0.2) is 388 Å². The number of aromatic nitrogens is 9. The van der Waals surface area contributed by atoms with Gasteiger partial charge in [0, 0.05) is 131 Å². The first-order valence-corrected chi connectivity index (χ1v) is 53.0. The van der Waals surface area contributed by atoms with Gasteiger partial charge in [0.25, 0.3) is 0 Å². The Morgan fingerprint density at radius 3 is 1.00 bits per heavy atom. The van der Waals surface area contributed by atoms with Crippen molar-refractivity contribution in [3.8, 4) is 39.7 Å². The van der Waals surface area contributed by atoms with E-state index in [9.17, 15) is 0 Å². The van der Waals surface area contributed by atoms with Crippen molar-refractivity contribution in [2.75, 3.05) is 0 Å². The summed E-state index contributed by atoms with van der Waals surface area (Å²) in [5.41, 5.74) is 15.1. The fourth-order valence-electron chi connectivity index (χ4n) is 23.0. The second-order valence-electron chi connectivity index (χ2n) is 36.3. The molecule has 142 heavy (non-hydrogen) atoms. The molecule has 0 aliphatic rings. The van der Waals surface area contributed by atoms with E-state index < -0.39 is 0 Å². The Morgan fingerprint density at radius 1 is 0.204 bits per heavy atom. The van der Waals surface area contributed by atoms with Gasteiger partial charge < -0.3 is 9.13 Å². The summed E-state index contributed by atoms with van der Waals surface area (Å²) in [6.45, 7) is 0. The maximum Gasteiger partial charge on any atom is 0.177 e. The number of benzene rings is 21. The minimum Gasteiger partial charge on any atom is -0.308 e. The van der Waals surface area contributed by atoms with Gasteiger partial charge in [-0.1, -0.05) is 344 Å². The van der Waals surface area contributed by atoms with Gasteiger partial charge in [0.05, 0.1) is 52.9 Å². The van der Waals surface area contributed by atoms with E-state index in [4.69, 9.17) is 64.7 Å². The van der Waals surface area contributed by atoms with Gasteiger partial charge in [0.1, 0.15) is 42.4 Å². The Balaban J connectivity index is 0.0000000982. The molecule has 0 aliphatic carbocycles. The van der Waals surface area contributed by atoms with Crippen molar-refractivity contribution in [3.63, 3.8) is 0 Å². The summed E-state index contributed by atoms with van der Waals surface area (Å²) in [5, 5.41) is 37.3. The normalized spacial score (nSPS) is 12.3. The fraction of sp³-hybridized carbons (Fsp3) is 0. The minimum absolute atomic E-state index is 0.404. The van der Waals surface area contributed by atoms with Crippen molar-refractivity contribution in [1.29, 1.82) is 0 Å². The lowest BCUT2D eigenvalue weighted by Gasteiger charge is -2.15. The Bertz CT molecular complexity index is 11400.